The van der Waals surface area contributed by atoms with Gasteiger partial charge >= 0.3 is 6.18 Å². The first kappa shape index (κ1) is 17.5. The van der Waals surface area contributed by atoms with Crippen molar-refractivity contribution in [1.29, 1.82) is 5.41 Å². The normalized spacial score (nSPS) is 13.0. The van der Waals surface area contributed by atoms with E-state index in [1.54, 1.807) is 0 Å². The highest BCUT2D eigenvalue weighted by Crippen LogP contribution is 2.35. The number of rotatable bonds is 8. The van der Waals surface area contributed by atoms with Gasteiger partial charge in [0.2, 0.25) is 0 Å². The Balaban J connectivity index is 2.49. The molecule has 0 saturated heterocycles. The lowest BCUT2D eigenvalue weighted by molar-refractivity contribution is -0.138. The summed E-state index contributed by atoms with van der Waals surface area (Å²) in [5, 5.41) is 16.8. The van der Waals surface area contributed by atoms with Gasteiger partial charge in [-0.15, -0.1) is 0 Å². The van der Waals surface area contributed by atoms with E-state index >= 15 is 0 Å². The molecular formula is C15H20F3NO2. The van der Waals surface area contributed by atoms with Crippen LogP contribution in [0.1, 0.15) is 31.7 Å². The van der Waals surface area contributed by atoms with Gasteiger partial charge in [0, 0.05) is 11.6 Å². The topological polar surface area (TPSA) is 53.3 Å². The first-order valence-corrected chi connectivity index (χ1v) is 6.87. The number of hydrogen-bond acceptors (Lipinski definition) is 3. The summed E-state index contributed by atoms with van der Waals surface area (Å²) in [7, 11) is 0. The molecule has 0 radical (unpaired) electrons. The van der Waals surface area contributed by atoms with Crippen LogP contribution in [0.5, 0.6) is 5.75 Å². The van der Waals surface area contributed by atoms with Crippen LogP contribution in [0.4, 0.5) is 13.2 Å². The first-order chi connectivity index (χ1) is 9.90. The zero-order valence-corrected chi connectivity index (χ0v) is 11.9. The molecule has 0 spiro atoms. The molecule has 1 aromatic rings. The lowest BCUT2D eigenvalue weighted by Crippen LogP contribution is -2.17. The van der Waals surface area contributed by atoms with E-state index in [1.165, 1.54) is 18.2 Å². The SMILES string of the molecule is CC[C@@H](CO)C(=N)CCCOc1ccccc1C(F)(F)F. The maximum Gasteiger partial charge on any atom is 0.419 e. The van der Waals surface area contributed by atoms with Crippen molar-refractivity contribution in [2.24, 2.45) is 5.92 Å². The summed E-state index contributed by atoms with van der Waals surface area (Å²) in [6, 6.07) is 5.08. The van der Waals surface area contributed by atoms with Crippen molar-refractivity contribution in [3.63, 3.8) is 0 Å². The Kier molecular flexibility index (Phi) is 6.68. The summed E-state index contributed by atoms with van der Waals surface area (Å²) in [5.41, 5.74) is -0.380. The van der Waals surface area contributed by atoms with Crippen LogP contribution in [0.15, 0.2) is 24.3 Å². The highest BCUT2D eigenvalue weighted by atomic mass is 19.4. The fourth-order valence-electron chi connectivity index (χ4n) is 1.96. The Morgan fingerprint density at radius 2 is 2.00 bits per heavy atom. The molecule has 0 aliphatic heterocycles. The number of benzene rings is 1. The highest BCUT2D eigenvalue weighted by molar-refractivity contribution is 5.83. The van der Waals surface area contributed by atoms with Crippen LogP contribution in [0, 0.1) is 11.3 Å². The van der Waals surface area contributed by atoms with Crippen LogP contribution in [-0.2, 0) is 6.18 Å². The molecule has 0 unspecified atom stereocenters. The van der Waals surface area contributed by atoms with E-state index in [0.29, 0.717) is 25.0 Å². The number of hydrogen-bond donors (Lipinski definition) is 2. The number of alkyl halides is 3. The third kappa shape index (κ3) is 5.38. The van der Waals surface area contributed by atoms with Crippen LogP contribution in [-0.4, -0.2) is 24.0 Å². The number of aliphatic hydroxyl groups is 1. The largest absolute Gasteiger partial charge is 0.493 e. The quantitative estimate of drug-likeness (QED) is 0.565. The van der Waals surface area contributed by atoms with Gasteiger partial charge in [-0.2, -0.15) is 13.2 Å². The number of halogens is 3. The van der Waals surface area contributed by atoms with Gasteiger partial charge in [0.05, 0.1) is 18.8 Å². The van der Waals surface area contributed by atoms with Crippen molar-refractivity contribution >= 4 is 5.71 Å². The predicted octanol–water partition coefficient (Wildman–Crippen LogP) is 3.90. The summed E-state index contributed by atoms with van der Waals surface area (Å²) < 4.78 is 43.4. The Hall–Kier alpha value is -1.56. The van der Waals surface area contributed by atoms with E-state index in [4.69, 9.17) is 15.3 Å². The zero-order chi connectivity index (χ0) is 15.9. The zero-order valence-electron chi connectivity index (χ0n) is 11.9. The molecule has 6 heteroatoms. The molecule has 2 N–H and O–H groups in total. The van der Waals surface area contributed by atoms with Crippen LogP contribution in [0.25, 0.3) is 0 Å². The molecular weight excluding hydrogens is 283 g/mol. The predicted molar refractivity (Wildman–Crippen MR) is 74.8 cm³/mol. The van der Waals surface area contributed by atoms with Crippen LogP contribution < -0.4 is 4.74 Å². The van der Waals surface area contributed by atoms with Crippen molar-refractivity contribution in [2.75, 3.05) is 13.2 Å². The summed E-state index contributed by atoms with van der Waals surface area (Å²) in [4.78, 5) is 0. The lowest BCUT2D eigenvalue weighted by atomic mass is 9.98. The Labute approximate surface area is 122 Å². The molecule has 0 bridgehead atoms. The Bertz CT molecular complexity index is 456. The summed E-state index contributed by atoms with van der Waals surface area (Å²) in [6.07, 6.45) is -2.91. The number of ether oxygens (including phenoxy) is 1. The number of para-hydroxylation sites is 1. The fraction of sp³-hybridized carbons (Fsp3) is 0.533. The molecule has 0 fully saturated rings. The van der Waals surface area contributed by atoms with Crippen molar-refractivity contribution in [1.82, 2.24) is 0 Å². The lowest BCUT2D eigenvalue weighted by Gasteiger charge is -2.15. The highest BCUT2D eigenvalue weighted by Gasteiger charge is 2.33. The number of nitrogens with one attached hydrogen (secondary N) is 1. The third-order valence-electron chi connectivity index (χ3n) is 3.25. The molecule has 0 saturated carbocycles. The molecule has 1 rings (SSSR count). The van der Waals surface area contributed by atoms with Crippen molar-refractivity contribution in [2.45, 2.75) is 32.4 Å². The summed E-state index contributed by atoms with van der Waals surface area (Å²) >= 11 is 0. The van der Waals surface area contributed by atoms with Gasteiger partial charge in [-0.3, -0.25) is 0 Å². The second kappa shape index (κ2) is 8.02. The first-order valence-electron chi connectivity index (χ1n) is 6.87. The maximum atomic E-state index is 12.7. The average molecular weight is 303 g/mol. The van der Waals surface area contributed by atoms with E-state index in [-0.39, 0.29) is 24.9 Å². The van der Waals surface area contributed by atoms with Crippen LogP contribution in [0.3, 0.4) is 0 Å². The summed E-state index contributed by atoms with van der Waals surface area (Å²) in [6.45, 7) is 1.91. The minimum absolute atomic E-state index is 0.0763. The molecule has 0 heterocycles. The molecule has 0 amide bonds. The van der Waals surface area contributed by atoms with Crippen LogP contribution >= 0.6 is 0 Å². The van der Waals surface area contributed by atoms with E-state index in [1.807, 2.05) is 6.92 Å². The smallest absolute Gasteiger partial charge is 0.419 e. The molecule has 0 aliphatic rings. The van der Waals surface area contributed by atoms with E-state index in [2.05, 4.69) is 0 Å². The summed E-state index contributed by atoms with van der Waals surface area (Å²) in [5.74, 6) is -0.363. The minimum Gasteiger partial charge on any atom is -0.493 e. The molecule has 3 nitrogen and oxygen atoms in total. The molecule has 0 aliphatic carbocycles. The van der Waals surface area contributed by atoms with Crippen molar-refractivity contribution in [3.8, 4) is 5.75 Å². The van der Waals surface area contributed by atoms with Crippen molar-refractivity contribution < 1.29 is 23.0 Å². The van der Waals surface area contributed by atoms with Gasteiger partial charge < -0.3 is 15.3 Å². The van der Waals surface area contributed by atoms with Crippen molar-refractivity contribution in [3.05, 3.63) is 29.8 Å². The number of aliphatic hydroxyl groups excluding tert-OH is 1. The third-order valence-corrected chi connectivity index (χ3v) is 3.25. The second-order valence-electron chi connectivity index (χ2n) is 4.76. The van der Waals surface area contributed by atoms with Gasteiger partial charge in [0.25, 0.3) is 0 Å². The molecule has 118 valence electrons. The maximum absolute atomic E-state index is 12.7. The second-order valence-corrected chi connectivity index (χ2v) is 4.76. The molecule has 0 aromatic heterocycles. The average Bonchev–Trinajstić information content (AvgIpc) is 2.44. The van der Waals surface area contributed by atoms with Gasteiger partial charge in [-0.05, 0) is 31.4 Å². The van der Waals surface area contributed by atoms with Gasteiger partial charge in [-0.1, -0.05) is 19.1 Å². The van der Waals surface area contributed by atoms with E-state index in [9.17, 15) is 13.2 Å². The Morgan fingerprint density at radius 3 is 2.57 bits per heavy atom. The monoisotopic (exact) mass is 303 g/mol. The van der Waals surface area contributed by atoms with Crippen LogP contribution in [0.2, 0.25) is 0 Å². The molecule has 1 atom stereocenters. The fourth-order valence-corrected chi connectivity index (χ4v) is 1.96. The van der Waals surface area contributed by atoms with E-state index in [0.717, 1.165) is 6.07 Å². The Morgan fingerprint density at radius 1 is 1.33 bits per heavy atom. The molecule has 21 heavy (non-hydrogen) atoms. The molecule has 1 aromatic carbocycles. The van der Waals surface area contributed by atoms with Gasteiger partial charge in [0.1, 0.15) is 5.75 Å². The van der Waals surface area contributed by atoms with Gasteiger partial charge in [0.15, 0.2) is 0 Å². The van der Waals surface area contributed by atoms with E-state index < -0.39 is 11.7 Å². The minimum atomic E-state index is -4.44. The standard InChI is InChI=1S/C15H20F3NO2/c1-2-11(10-20)13(19)7-5-9-21-14-8-4-3-6-12(14)15(16,17)18/h3-4,6,8,11,19-20H,2,5,7,9-10H2,1H3/t11-/m0/s1. The van der Waals surface area contributed by atoms with Gasteiger partial charge in [-0.25, -0.2) is 0 Å².